The molecule has 1 atom stereocenters. The predicted molar refractivity (Wildman–Crippen MR) is 99.3 cm³/mol. The number of rotatable bonds is 5. The van der Waals surface area contributed by atoms with E-state index >= 15 is 0 Å². The number of benzene rings is 1. The molecule has 0 aliphatic heterocycles. The average Bonchev–Trinajstić information content (AvgIpc) is 2.99. The lowest BCUT2D eigenvalue weighted by Crippen LogP contribution is -2.52. The van der Waals surface area contributed by atoms with Gasteiger partial charge in [-0.05, 0) is 54.9 Å². The molecule has 4 nitrogen and oxygen atoms in total. The van der Waals surface area contributed by atoms with Crippen LogP contribution in [0.15, 0.2) is 24.5 Å². The summed E-state index contributed by atoms with van der Waals surface area (Å²) in [6, 6.07) is 3.97. The minimum Gasteiger partial charge on any atom is -0.379 e. The van der Waals surface area contributed by atoms with Gasteiger partial charge in [0.05, 0.1) is 12.9 Å². The number of alkyl halides is 3. The van der Waals surface area contributed by atoms with Crippen LogP contribution in [0.25, 0.3) is 0 Å². The highest BCUT2D eigenvalue weighted by molar-refractivity contribution is 5.96. The van der Waals surface area contributed by atoms with Crippen LogP contribution in [0.5, 0.6) is 0 Å². The molecule has 1 aromatic carbocycles. The Hall–Kier alpha value is -2.22. The Labute approximate surface area is 166 Å². The fourth-order valence-corrected chi connectivity index (χ4v) is 4.25. The Morgan fingerprint density at radius 2 is 1.90 bits per heavy atom. The topological polar surface area (TPSA) is 55.1 Å². The van der Waals surface area contributed by atoms with Gasteiger partial charge >= 0.3 is 6.18 Å². The molecular weight excluding hydrogens is 388 g/mol. The van der Waals surface area contributed by atoms with Gasteiger partial charge in [-0.3, -0.25) is 4.79 Å². The van der Waals surface area contributed by atoms with Crippen molar-refractivity contribution in [2.75, 3.05) is 0 Å². The van der Waals surface area contributed by atoms with E-state index in [2.05, 4.69) is 4.98 Å². The smallest absolute Gasteiger partial charge is 0.379 e. The standard InChI is InChI=1S/C21H24F4N2O2/c1-13-7-8-14(22)9-15(13)19(2,3)10-20(29,21(23,24)25)11-27-12-26-18-16(27)5-4-6-17(18)28/h7-9,12,29H,4-6,10-11H2,1-3H3. The number of carbonyl (C=O) groups is 1. The van der Waals surface area contributed by atoms with Gasteiger partial charge in [0.1, 0.15) is 11.5 Å². The zero-order valence-electron chi connectivity index (χ0n) is 16.6. The summed E-state index contributed by atoms with van der Waals surface area (Å²) < 4.78 is 57.0. The lowest BCUT2D eigenvalue weighted by atomic mass is 9.73. The van der Waals surface area contributed by atoms with Crippen molar-refractivity contribution in [3.05, 3.63) is 52.9 Å². The molecule has 0 spiro atoms. The molecule has 158 valence electrons. The number of nitrogens with zero attached hydrogens (tertiary/aromatic N) is 2. The first-order valence-corrected chi connectivity index (χ1v) is 9.47. The second-order valence-corrected chi connectivity index (χ2v) is 8.49. The molecule has 3 rings (SSSR count). The molecule has 0 amide bonds. The normalized spacial score (nSPS) is 17.2. The maximum absolute atomic E-state index is 14.0. The molecule has 0 saturated heterocycles. The molecular formula is C21H24F4N2O2. The van der Waals surface area contributed by atoms with Gasteiger partial charge in [-0.25, -0.2) is 9.37 Å². The maximum atomic E-state index is 14.0. The summed E-state index contributed by atoms with van der Waals surface area (Å²) in [4.78, 5) is 15.9. The second-order valence-electron chi connectivity index (χ2n) is 8.49. The third-order valence-electron chi connectivity index (χ3n) is 5.65. The highest BCUT2D eigenvalue weighted by Crippen LogP contribution is 2.43. The lowest BCUT2D eigenvalue weighted by molar-refractivity contribution is -0.271. The Morgan fingerprint density at radius 3 is 2.55 bits per heavy atom. The molecule has 2 aromatic rings. The van der Waals surface area contributed by atoms with Gasteiger partial charge in [0, 0.05) is 12.1 Å². The quantitative estimate of drug-likeness (QED) is 0.736. The van der Waals surface area contributed by atoms with E-state index in [1.165, 1.54) is 29.1 Å². The first-order valence-electron chi connectivity index (χ1n) is 9.47. The number of aryl methyl sites for hydroxylation is 1. The molecule has 1 heterocycles. The van der Waals surface area contributed by atoms with E-state index < -0.39 is 36.0 Å². The third-order valence-corrected chi connectivity index (χ3v) is 5.65. The zero-order chi connectivity index (χ0) is 21.6. The minimum absolute atomic E-state index is 0.181. The van der Waals surface area contributed by atoms with Crippen molar-refractivity contribution in [1.29, 1.82) is 0 Å². The fourth-order valence-electron chi connectivity index (χ4n) is 4.25. The molecule has 1 aromatic heterocycles. The van der Waals surface area contributed by atoms with E-state index in [1.54, 1.807) is 20.8 Å². The first-order chi connectivity index (χ1) is 13.3. The Balaban J connectivity index is 1.98. The van der Waals surface area contributed by atoms with Crippen LogP contribution in [-0.2, 0) is 18.4 Å². The number of hydrogen-bond acceptors (Lipinski definition) is 3. The molecule has 29 heavy (non-hydrogen) atoms. The van der Waals surface area contributed by atoms with Crippen LogP contribution in [0.4, 0.5) is 17.6 Å². The first kappa shape index (κ1) is 21.5. The number of ketones is 1. The number of aromatic nitrogens is 2. The van der Waals surface area contributed by atoms with Crippen LogP contribution in [0.3, 0.4) is 0 Å². The van der Waals surface area contributed by atoms with Gasteiger partial charge in [0.15, 0.2) is 11.4 Å². The number of Topliss-reactive ketones (excluding diaryl/α,β-unsaturated/α-hetero) is 1. The predicted octanol–water partition coefficient (Wildman–Crippen LogP) is 4.51. The monoisotopic (exact) mass is 412 g/mol. The molecule has 0 fully saturated rings. The van der Waals surface area contributed by atoms with E-state index in [-0.39, 0.29) is 11.5 Å². The van der Waals surface area contributed by atoms with Gasteiger partial charge in [0.2, 0.25) is 0 Å². The Kier molecular flexibility index (Phi) is 5.36. The van der Waals surface area contributed by atoms with Crippen LogP contribution in [-0.4, -0.2) is 32.2 Å². The largest absolute Gasteiger partial charge is 0.418 e. The second kappa shape index (κ2) is 7.23. The van der Waals surface area contributed by atoms with E-state index in [4.69, 9.17) is 0 Å². The van der Waals surface area contributed by atoms with E-state index in [0.29, 0.717) is 36.1 Å². The van der Waals surface area contributed by atoms with Gasteiger partial charge in [0.25, 0.3) is 0 Å². The van der Waals surface area contributed by atoms with Gasteiger partial charge in [-0.15, -0.1) is 0 Å². The Bertz CT molecular complexity index is 933. The van der Waals surface area contributed by atoms with Crippen LogP contribution in [0.2, 0.25) is 0 Å². The molecule has 0 bridgehead atoms. The summed E-state index contributed by atoms with van der Waals surface area (Å²) in [5.41, 5.74) is -2.59. The van der Waals surface area contributed by atoms with Gasteiger partial charge < -0.3 is 9.67 Å². The highest BCUT2D eigenvalue weighted by Gasteiger charge is 2.56. The van der Waals surface area contributed by atoms with Crippen LogP contribution < -0.4 is 0 Å². The molecule has 1 aliphatic carbocycles. The number of halogens is 4. The summed E-state index contributed by atoms with van der Waals surface area (Å²) in [5.74, 6) is -0.743. The number of carbonyl (C=O) groups excluding carboxylic acids is 1. The summed E-state index contributed by atoms with van der Waals surface area (Å²) in [7, 11) is 0. The minimum atomic E-state index is -4.93. The Morgan fingerprint density at radius 1 is 1.21 bits per heavy atom. The SMILES string of the molecule is Cc1ccc(F)cc1C(C)(C)CC(O)(Cn1cnc2c1CCCC2=O)C(F)(F)F. The van der Waals surface area contributed by atoms with Crippen molar-refractivity contribution in [2.45, 2.75) is 70.2 Å². The van der Waals surface area contributed by atoms with Crippen molar-refractivity contribution in [3.8, 4) is 0 Å². The van der Waals surface area contributed by atoms with Crippen LogP contribution in [0.1, 0.15) is 60.4 Å². The number of imidazole rings is 1. The van der Waals surface area contributed by atoms with E-state index in [9.17, 15) is 27.5 Å². The third kappa shape index (κ3) is 4.08. The van der Waals surface area contributed by atoms with Crippen molar-refractivity contribution < 1.29 is 27.5 Å². The molecule has 1 unspecified atom stereocenters. The van der Waals surface area contributed by atoms with Gasteiger partial charge in [-0.2, -0.15) is 13.2 Å². The molecule has 0 saturated carbocycles. The number of aliphatic hydroxyl groups is 1. The molecule has 1 aliphatic rings. The van der Waals surface area contributed by atoms with Crippen molar-refractivity contribution in [2.24, 2.45) is 0 Å². The summed E-state index contributed by atoms with van der Waals surface area (Å²) >= 11 is 0. The molecule has 1 N–H and O–H groups in total. The summed E-state index contributed by atoms with van der Waals surface area (Å²) in [6.07, 6.45) is -3.13. The molecule has 8 heteroatoms. The van der Waals surface area contributed by atoms with Crippen LogP contribution in [0, 0.1) is 12.7 Å². The zero-order valence-corrected chi connectivity index (χ0v) is 16.6. The number of hydrogen-bond donors (Lipinski definition) is 1. The summed E-state index contributed by atoms with van der Waals surface area (Å²) in [6.45, 7) is 4.03. The van der Waals surface area contributed by atoms with E-state index in [1.807, 2.05) is 0 Å². The fraction of sp³-hybridized carbons (Fsp3) is 0.524. The average molecular weight is 412 g/mol. The van der Waals surface area contributed by atoms with Crippen molar-refractivity contribution in [3.63, 3.8) is 0 Å². The molecule has 0 radical (unpaired) electrons. The summed E-state index contributed by atoms with van der Waals surface area (Å²) in [5, 5.41) is 10.8. The van der Waals surface area contributed by atoms with Crippen molar-refractivity contribution >= 4 is 5.78 Å². The van der Waals surface area contributed by atoms with Gasteiger partial charge in [-0.1, -0.05) is 19.9 Å². The van der Waals surface area contributed by atoms with Crippen LogP contribution >= 0.6 is 0 Å². The van der Waals surface area contributed by atoms with Crippen molar-refractivity contribution in [1.82, 2.24) is 9.55 Å². The van der Waals surface area contributed by atoms with E-state index in [0.717, 1.165) is 0 Å². The number of fused-ring (bicyclic) bond motifs is 1. The lowest BCUT2D eigenvalue weighted by Gasteiger charge is -2.39. The highest BCUT2D eigenvalue weighted by atomic mass is 19.4. The maximum Gasteiger partial charge on any atom is 0.418 e.